The van der Waals surface area contributed by atoms with Crippen LogP contribution in [-0.4, -0.2) is 48.5 Å². The van der Waals surface area contributed by atoms with Gasteiger partial charge in [-0.2, -0.15) is 5.10 Å². The number of nitrogens with zero attached hydrogens (tertiary/aromatic N) is 4. The van der Waals surface area contributed by atoms with Crippen molar-refractivity contribution < 1.29 is 9.47 Å². The van der Waals surface area contributed by atoms with Crippen LogP contribution in [0.3, 0.4) is 0 Å². The third-order valence-electron chi connectivity index (χ3n) is 5.34. The average molecular weight is 533 g/mol. The first-order valence-corrected chi connectivity index (χ1v) is 10.00. The van der Waals surface area contributed by atoms with Crippen LogP contribution in [0.4, 0.5) is 0 Å². The second-order valence-electron chi connectivity index (χ2n) is 7.18. The third-order valence-corrected chi connectivity index (χ3v) is 5.34. The Hall–Kier alpha value is -2.75. The van der Waals surface area contributed by atoms with Gasteiger partial charge in [-0.05, 0) is 41.8 Å². The molecule has 0 radical (unpaired) electrons. The summed E-state index contributed by atoms with van der Waals surface area (Å²) in [5.41, 5.74) is 4.68. The molecule has 1 aromatic heterocycles. The zero-order valence-corrected chi connectivity index (χ0v) is 20.4. The Bertz CT molecular complexity index is 1040. The smallest absolute Gasteiger partial charge is 0.194 e. The van der Waals surface area contributed by atoms with Crippen molar-refractivity contribution in [2.24, 2.45) is 4.99 Å². The number of nitrogens with one attached hydrogen (secondary N) is 1. The quantitative estimate of drug-likeness (QED) is 0.309. The lowest BCUT2D eigenvalue weighted by molar-refractivity contribution is 0.346. The van der Waals surface area contributed by atoms with Crippen LogP contribution in [0.25, 0.3) is 5.69 Å². The summed E-state index contributed by atoms with van der Waals surface area (Å²) >= 11 is 0. The molecule has 1 aliphatic rings. The molecule has 0 spiro atoms. The Morgan fingerprint density at radius 3 is 2.48 bits per heavy atom. The molecule has 1 aliphatic heterocycles. The maximum absolute atomic E-state index is 5.47. The molecule has 7 nitrogen and oxygen atoms in total. The van der Waals surface area contributed by atoms with Gasteiger partial charge in [0.2, 0.25) is 0 Å². The molecule has 31 heavy (non-hydrogen) atoms. The first-order chi connectivity index (χ1) is 14.7. The van der Waals surface area contributed by atoms with Crippen molar-refractivity contribution >= 4 is 29.9 Å². The number of guanidine groups is 1. The first kappa shape index (κ1) is 22.9. The normalized spacial score (nSPS) is 13.3. The summed E-state index contributed by atoms with van der Waals surface area (Å²) in [5, 5.41) is 7.93. The summed E-state index contributed by atoms with van der Waals surface area (Å²) < 4.78 is 12.8. The molecule has 2 aromatic carbocycles. The number of halogens is 1. The van der Waals surface area contributed by atoms with Gasteiger partial charge in [0, 0.05) is 38.4 Å². The Kier molecular flexibility index (Phi) is 7.78. The predicted octanol–water partition coefficient (Wildman–Crippen LogP) is 3.64. The molecule has 0 atom stereocenters. The van der Waals surface area contributed by atoms with E-state index >= 15 is 0 Å². The van der Waals surface area contributed by atoms with Gasteiger partial charge in [0.25, 0.3) is 0 Å². The number of rotatable bonds is 5. The summed E-state index contributed by atoms with van der Waals surface area (Å²) in [5.74, 6) is 2.42. The second-order valence-corrected chi connectivity index (χ2v) is 7.18. The number of aromatic nitrogens is 2. The number of hydrogen-bond donors (Lipinski definition) is 1. The van der Waals surface area contributed by atoms with E-state index in [1.54, 1.807) is 14.2 Å². The van der Waals surface area contributed by atoms with Crippen LogP contribution in [0.5, 0.6) is 11.5 Å². The van der Waals surface area contributed by atoms with Gasteiger partial charge in [0.15, 0.2) is 17.5 Å². The number of para-hydroxylation sites is 1. The van der Waals surface area contributed by atoms with Gasteiger partial charge in [-0.25, -0.2) is 4.68 Å². The summed E-state index contributed by atoms with van der Waals surface area (Å²) in [7, 11) is 5.16. The van der Waals surface area contributed by atoms with Crippen molar-refractivity contribution in [3.63, 3.8) is 0 Å². The molecule has 8 heteroatoms. The predicted molar refractivity (Wildman–Crippen MR) is 133 cm³/mol. The maximum Gasteiger partial charge on any atom is 0.194 e. The molecule has 1 N–H and O–H groups in total. The Balaban J connectivity index is 0.00000272. The van der Waals surface area contributed by atoms with Gasteiger partial charge < -0.3 is 19.7 Å². The van der Waals surface area contributed by atoms with Gasteiger partial charge in [0.1, 0.15) is 0 Å². The van der Waals surface area contributed by atoms with E-state index in [1.807, 2.05) is 54.5 Å². The van der Waals surface area contributed by atoms with Gasteiger partial charge in [-0.1, -0.05) is 18.2 Å². The van der Waals surface area contributed by atoms with E-state index in [9.17, 15) is 0 Å². The van der Waals surface area contributed by atoms with Gasteiger partial charge in [-0.15, -0.1) is 24.0 Å². The Morgan fingerprint density at radius 2 is 1.81 bits per heavy atom. The van der Waals surface area contributed by atoms with Crippen LogP contribution in [0, 0.1) is 0 Å². The van der Waals surface area contributed by atoms with Crippen LogP contribution < -0.4 is 14.8 Å². The average Bonchev–Trinajstić information content (AvgIpc) is 3.28. The molecule has 0 aliphatic carbocycles. The van der Waals surface area contributed by atoms with Gasteiger partial charge in [-0.3, -0.25) is 4.99 Å². The highest BCUT2D eigenvalue weighted by Gasteiger charge is 2.21. The molecule has 0 unspecified atom stereocenters. The maximum atomic E-state index is 5.47. The van der Waals surface area contributed by atoms with E-state index in [2.05, 4.69) is 32.4 Å². The summed E-state index contributed by atoms with van der Waals surface area (Å²) in [6.45, 7) is 2.33. The molecule has 164 valence electrons. The van der Waals surface area contributed by atoms with Gasteiger partial charge >= 0.3 is 0 Å². The zero-order chi connectivity index (χ0) is 20.9. The van der Waals surface area contributed by atoms with Crippen LogP contribution >= 0.6 is 24.0 Å². The van der Waals surface area contributed by atoms with Crippen LogP contribution in [0.15, 0.2) is 59.9 Å². The highest BCUT2D eigenvalue weighted by molar-refractivity contribution is 14.0. The third kappa shape index (κ3) is 5.12. The van der Waals surface area contributed by atoms with E-state index in [-0.39, 0.29) is 24.0 Å². The topological polar surface area (TPSA) is 63.9 Å². The minimum Gasteiger partial charge on any atom is -0.493 e. The van der Waals surface area contributed by atoms with E-state index < -0.39 is 0 Å². The van der Waals surface area contributed by atoms with Crippen LogP contribution in [0.1, 0.15) is 16.7 Å². The molecule has 3 aromatic rings. The number of benzene rings is 2. The molecule has 2 heterocycles. The number of fused-ring (bicyclic) bond motifs is 1. The molecular formula is C23H28IN5O2. The lowest BCUT2D eigenvalue weighted by atomic mass is 9.99. The van der Waals surface area contributed by atoms with E-state index in [1.165, 1.54) is 11.1 Å². The van der Waals surface area contributed by atoms with E-state index in [0.29, 0.717) is 6.54 Å². The largest absolute Gasteiger partial charge is 0.493 e. The van der Waals surface area contributed by atoms with Gasteiger partial charge in [0.05, 0.1) is 26.1 Å². The second kappa shape index (κ2) is 10.5. The zero-order valence-electron chi connectivity index (χ0n) is 18.0. The Morgan fingerprint density at radius 1 is 1.10 bits per heavy atom. The minimum absolute atomic E-state index is 0. The van der Waals surface area contributed by atoms with E-state index in [0.717, 1.165) is 48.2 Å². The van der Waals surface area contributed by atoms with Crippen molar-refractivity contribution in [2.75, 3.05) is 27.8 Å². The van der Waals surface area contributed by atoms with E-state index in [4.69, 9.17) is 9.47 Å². The lowest BCUT2D eigenvalue weighted by Gasteiger charge is -2.32. The van der Waals surface area contributed by atoms with Crippen LogP contribution in [0.2, 0.25) is 0 Å². The molecule has 0 saturated heterocycles. The molecule has 0 fully saturated rings. The van der Waals surface area contributed by atoms with Crippen LogP contribution in [-0.2, 0) is 19.5 Å². The fourth-order valence-corrected chi connectivity index (χ4v) is 3.75. The number of methoxy groups -OCH3 is 2. The van der Waals surface area contributed by atoms with Crippen molar-refractivity contribution in [3.8, 4) is 17.2 Å². The summed E-state index contributed by atoms with van der Waals surface area (Å²) in [6.07, 6.45) is 4.86. The fraction of sp³-hybridized carbons (Fsp3) is 0.304. The highest BCUT2D eigenvalue weighted by atomic mass is 127. The molecule has 4 rings (SSSR count). The minimum atomic E-state index is 0. The lowest BCUT2D eigenvalue weighted by Crippen LogP contribution is -2.43. The number of aliphatic imine (C=N–C) groups is 1. The Labute approximate surface area is 200 Å². The summed E-state index contributed by atoms with van der Waals surface area (Å²) in [4.78, 5) is 6.75. The number of ether oxygens (including phenoxy) is 2. The SMILES string of the molecule is CN=C(NCc1cnn(-c2ccccc2)c1)N1CCc2cc(OC)c(OC)cc2C1.I. The highest BCUT2D eigenvalue weighted by Crippen LogP contribution is 2.33. The van der Waals surface area contributed by atoms with Crippen molar-refractivity contribution in [1.82, 2.24) is 20.0 Å². The molecule has 0 bridgehead atoms. The molecule has 0 amide bonds. The number of hydrogen-bond acceptors (Lipinski definition) is 4. The van der Waals surface area contributed by atoms with Crippen molar-refractivity contribution in [1.29, 1.82) is 0 Å². The monoisotopic (exact) mass is 533 g/mol. The summed E-state index contributed by atoms with van der Waals surface area (Å²) in [6, 6.07) is 14.2. The van der Waals surface area contributed by atoms with Crippen molar-refractivity contribution in [3.05, 3.63) is 71.5 Å². The van der Waals surface area contributed by atoms with Crippen molar-refractivity contribution in [2.45, 2.75) is 19.5 Å². The fourth-order valence-electron chi connectivity index (χ4n) is 3.75. The standard InChI is InChI=1S/C23H27N5O2.HI/c1-24-23(25-13-17-14-26-28(15-17)20-7-5-4-6-8-20)27-10-9-18-11-21(29-2)22(30-3)12-19(18)16-27;/h4-8,11-12,14-15H,9-10,13,16H2,1-3H3,(H,24,25);1H. The molecule has 0 saturated carbocycles. The molecular weight excluding hydrogens is 505 g/mol. The first-order valence-electron chi connectivity index (χ1n) is 10.00.